The highest BCUT2D eigenvalue weighted by Gasteiger charge is 2.35. The summed E-state index contributed by atoms with van der Waals surface area (Å²) in [5.41, 5.74) is 0.690. The van der Waals surface area contributed by atoms with Gasteiger partial charge in [-0.3, -0.25) is 14.4 Å². The molecular formula is C16H20N2O5. The summed E-state index contributed by atoms with van der Waals surface area (Å²) in [6, 6.07) is 7.11. The van der Waals surface area contributed by atoms with E-state index in [0.717, 1.165) is 0 Å². The van der Waals surface area contributed by atoms with Gasteiger partial charge in [0.15, 0.2) is 0 Å². The van der Waals surface area contributed by atoms with Crippen LogP contribution in [-0.2, 0) is 19.1 Å². The minimum atomic E-state index is -0.491. The largest absolute Gasteiger partial charge is 0.497 e. The van der Waals surface area contributed by atoms with Crippen LogP contribution in [0.15, 0.2) is 24.3 Å². The van der Waals surface area contributed by atoms with Crippen molar-refractivity contribution in [2.75, 3.05) is 31.7 Å². The molecule has 1 saturated heterocycles. The van der Waals surface area contributed by atoms with Crippen LogP contribution >= 0.6 is 0 Å². The Hall–Kier alpha value is -2.57. The minimum Gasteiger partial charge on any atom is -0.497 e. The highest BCUT2D eigenvalue weighted by atomic mass is 16.5. The fourth-order valence-corrected chi connectivity index (χ4v) is 2.43. The summed E-state index contributed by atoms with van der Waals surface area (Å²) in [4.78, 5) is 37.0. The Labute approximate surface area is 134 Å². The molecule has 1 aliphatic rings. The van der Waals surface area contributed by atoms with Crippen molar-refractivity contribution in [2.45, 2.75) is 13.3 Å². The van der Waals surface area contributed by atoms with Gasteiger partial charge in [-0.25, -0.2) is 0 Å². The van der Waals surface area contributed by atoms with Gasteiger partial charge in [0.1, 0.15) is 12.3 Å². The molecule has 1 aliphatic heterocycles. The Morgan fingerprint density at radius 1 is 1.39 bits per heavy atom. The molecular weight excluding hydrogens is 300 g/mol. The number of esters is 1. The fourth-order valence-electron chi connectivity index (χ4n) is 2.43. The van der Waals surface area contributed by atoms with Gasteiger partial charge in [-0.15, -0.1) is 0 Å². The number of hydrogen-bond acceptors (Lipinski definition) is 5. The molecule has 1 aromatic rings. The average molecular weight is 320 g/mol. The molecule has 1 atom stereocenters. The molecule has 2 rings (SSSR count). The van der Waals surface area contributed by atoms with Crippen molar-refractivity contribution in [3.8, 4) is 5.75 Å². The summed E-state index contributed by atoms with van der Waals surface area (Å²) in [5, 5.41) is 2.51. The van der Waals surface area contributed by atoms with Crippen molar-refractivity contribution < 1.29 is 23.9 Å². The first-order chi connectivity index (χ1) is 11.0. The number of hydrogen-bond donors (Lipinski definition) is 1. The molecule has 2 amide bonds. The Kier molecular flexibility index (Phi) is 5.56. The zero-order chi connectivity index (χ0) is 16.8. The summed E-state index contributed by atoms with van der Waals surface area (Å²) in [6.07, 6.45) is 0.117. The van der Waals surface area contributed by atoms with Crippen molar-refractivity contribution in [1.82, 2.24) is 5.32 Å². The molecule has 0 spiro atoms. The SMILES string of the molecule is CCOC(=O)CNC(=O)[C@@H]1CC(=O)N(c2cccc(OC)c2)C1. The summed E-state index contributed by atoms with van der Waals surface area (Å²) in [5.74, 6) is -0.783. The molecule has 1 N–H and O–H groups in total. The summed E-state index contributed by atoms with van der Waals surface area (Å²) in [7, 11) is 1.55. The zero-order valence-electron chi connectivity index (χ0n) is 13.2. The molecule has 124 valence electrons. The van der Waals surface area contributed by atoms with Crippen molar-refractivity contribution in [2.24, 2.45) is 5.92 Å². The van der Waals surface area contributed by atoms with Gasteiger partial charge in [0.05, 0.1) is 19.6 Å². The van der Waals surface area contributed by atoms with Gasteiger partial charge < -0.3 is 19.7 Å². The number of methoxy groups -OCH3 is 1. The van der Waals surface area contributed by atoms with Gasteiger partial charge in [0.25, 0.3) is 0 Å². The van der Waals surface area contributed by atoms with Crippen LogP contribution in [0, 0.1) is 5.92 Å². The van der Waals surface area contributed by atoms with E-state index >= 15 is 0 Å². The quantitative estimate of drug-likeness (QED) is 0.781. The summed E-state index contributed by atoms with van der Waals surface area (Å²) in [6.45, 7) is 2.05. The van der Waals surface area contributed by atoms with Crippen LogP contribution in [0.25, 0.3) is 0 Å². The minimum absolute atomic E-state index is 0.117. The van der Waals surface area contributed by atoms with Crippen LogP contribution in [0.5, 0.6) is 5.75 Å². The van der Waals surface area contributed by atoms with Gasteiger partial charge in [0, 0.05) is 24.7 Å². The third-order valence-electron chi connectivity index (χ3n) is 3.57. The third kappa shape index (κ3) is 4.21. The third-order valence-corrected chi connectivity index (χ3v) is 3.57. The van der Waals surface area contributed by atoms with E-state index in [9.17, 15) is 14.4 Å². The fraction of sp³-hybridized carbons (Fsp3) is 0.438. The summed E-state index contributed by atoms with van der Waals surface area (Å²) >= 11 is 0. The number of benzene rings is 1. The predicted molar refractivity (Wildman–Crippen MR) is 83.1 cm³/mol. The van der Waals surface area contributed by atoms with Gasteiger partial charge in [-0.1, -0.05) is 6.07 Å². The van der Waals surface area contributed by atoms with Crippen LogP contribution in [0.3, 0.4) is 0 Å². The number of nitrogens with one attached hydrogen (secondary N) is 1. The Bertz CT molecular complexity index is 602. The number of anilines is 1. The van der Waals surface area contributed by atoms with Gasteiger partial charge in [-0.2, -0.15) is 0 Å². The molecule has 23 heavy (non-hydrogen) atoms. The standard InChI is InChI=1S/C16H20N2O5/c1-3-23-15(20)9-17-16(21)11-7-14(19)18(10-11)12-5-4-6-13(8-12)22-2/h4-6,8,11H,3,7,9-10H2,1-2H3,(H,17,21)/t11-/m1/s1. The van der Waals surface area contributed by atoms with Crippen LogP contribution in [0.1, 0.15) is 13.3 Å². The smallest absolute Gasteiger partial charge is 0.325 e. The maximum Gasteiger partial charge on any atom is 0.325 e. The van der Waals surface area contributed by atoms with Gasteiger partial charge >= 0.3 is 5.97 Å². The monoisotopic (exact) mass is 320 g/mol. The number of nitrogens with zero attached hydrogens (tertiary/aromatic N) is 1. The van der Waals surface area contributed by atoms with E-state index in [1.807, 2.05) is 0 Å². The topological polar surface area (TPSA) is 84.9 Å². The Morgan fingerprint density at radius 2 is 2.17 bits per heavy atom. The van der Waals surface area contributed by atoms with E-state index in [2.05, 4.69) is 5.32 Å². The Morgan fingerprint density at radius 3 is 2.87 bits per heavy atom. The molecule has 1 fully saturated rings. The second kappa shape index (κ2) is 7.62. The highest BCUT2D eigenvalue weighted by molar-refractivity contribution is 6.00. The number of amides is 2. The van der Waals surface area contributed by atoms with Crippen molar-refractivity contribution in [3.63, 3.8) is 0 Å². The average Bonchev–Trinajstić information content (AvgIpc) is 2.95. The maximum atomic E-state index is 12.1. The first kappa shape index (κ1) is 16.8. The second-order valence-electron chi connectivity index (χ2n) is 5.13. The van der Waals surface area contributed by atoms with E-state index in [-0.39, 0.29) is 37.9 Å². The molecule has 1 heterocycles. The van der Waals surface area contributed by atoms with E-state index in [0.29, 0.717) is 11.4 Å². The molecule has 0 unspecified atom stereocenters. The number of ether oxygens (including phenoxy) is 2. The summed E-state index contributed by atoms with van der Waals surface area (Å²) < 4.78 is 9.89. The van der Waals surface area contributed by atoms with Crippen molar-refractivity contribution in [1.29, 1.82) is 0 Å². The first-order valence-electron chi connectivity index (χ1n) is 7.43. The molecule has 0 aromatic heterocycles. The van der Waals surface area contributed by atoms with E-state index in [4.69, 9.17) is 9.47 Å². The lowest BCUT2D eigenvalue weighted by Crippen LogP contribution is -2.36. The van der Waals surface area contributed by atoms with E-state index < -0.39 is 11.9 Å². The highest BCUT2D eigenvalue weighted by Crippen LogP contribution is 2.27. The van der Waals surface area contributed by atoms with Gasteiger partial charge in [-0.05, 0) is 19.1 Å². The lowest BCUT2D eigenvalue weighted by atomic mass is 10.1. The molecule has 0 radical (unpaired) electrons. The van der Waals surface area contributed by atoms with Crippen molar-refractivity contribution >= 4 is 23.5 Å². The Balaban J connectivity index is 1.96. The number of rotatable bonds is 6. The van der Waals surface area contributed by atoms with Gasteiger partial charge in [0.2, 0.25) is 11.8 Å². The normalized spacial score (nSPS) is 17.0. The van der Waals surface area contributed by atoms with Crippen LogP contribution < -0.4 is 15.0 Å². The molecule has 0 saturated carbocycles. The second-order valence-corrected chi connectivity index (χ2v) is 5.13. The van der Waals surface area contributed by atoms with Crippen LogP contribution in [0.4, 0.5) is 5.69 Å². The molecule has 0 aliphatic carbocycles. The number of carbonyl (C=O) groups excluding carboxylic acids is 3. The molecule has 7 nitrogen and oxygen atoms in total. The zero-order valence-corrected chi connectivity index (χ0v) is 13.2. The van der Waals surface area contributed by atoms with E-state index in [1.165, 1.54) is 0 Å². The maximum absolute atomic E-state index is 12.1. The van der Waals surface area contributed by atoms with Crippen molar-refractivity contribution in [3.05, 3.63) is 24.3 Å². The van der Waals surface area contributed by atoms with Crippen LogP contribution in [0.2, 0.25) is 0 Å². The van der Waals surface area contributed by atoms with Crippen LogP contribution in [-0.4, -0.2) is 44.6 Å². The molecule has 7 heteroatoms. The predicted octanol–water partition coefficient (Wildman–Crippen LogP) is 0.727. The van der Waals surface area contributed by atoms with E-state index in [1.54, 1.807) is 43.2 Å². The number of carbonyl (C=O) groups is 3. The lowest BCUT2D eigenvalue weighted by Gasteiger charge is -2.17. The molecule has 0 bridgehead atoms. The lowest BCUT2D eigenvalue weighted by molar-refractivity contribution is -0.143. The first-order valence-corrected chi connectivity index (χ1v) is 7.43. The molecule has 1 aromatic carbocycles.